The fourth-order valence-corrected chi connectivity index (χ4v) is 3.91. The molecule has 2 rings (SSSR count). The predicted molar refractivity (Wildman–Crippen MR) is 104 cm³/mol. The maximum Gasteiger partial charge on any atom is 0.307 e. The van der Waals surface area contributed by atoms with Gasteiger partial charge in [-0.05, 0) is 49.7 Å². The first-order valence-corrected chi connectivity index (χ1v) is 10.8. The first-order valence-electron chi connectivity index (χ1n) is 9.38. The Morgan fingerprint density at radius 3 is 2.50 bits per heavy atom. The number of carbonyl (C=O) groups excluding carboxylic acids is 1. The van der Waals surface area contributed by atoms with Crippen LogP contribution in [0.4, 0.5) is 0 Å². The van der Waals surface area contributed by atoms with Crippen LogP contribution in [0.3, 0.4) is 0 Å². The minimum Gasteiger partial charge on any atom is -0.494 e. The maximum absolute atomic E-state index is 13.1. The summed E-state index contributed by atoms with van der Waals surface area (Å²) in [4.78, 5) is 11.8. The molecule has 0 radical (unpaired) electrons. The van der Waals surface area contributed by atoms with Gasteiger partial charge in [0.2, 0.25) is 10.0 Å². The Labute approximate surface area is 166 Å². The molecule has 0 bridgehead atoms. The molecular formula is C20H27NO6S. The van der Waals surface area contributed by atoms with Crippen LogP contribution in [-0.2, 0) is 26.1 Å². The normalized spacial score (nSPS) is 11.5. The molecule has 0 spiro atoms. The fourth-order valence-electron chi connectivity index (χ4n) is 2.50. The number of nitrogens with zero attached hydrogens (tertiary/aromatic N) is 1. The van der Waals surface area contributed by atoms with Crippen molar-refractivity contribution in [3.63, 3.8) is 0 Å². The molecule has 0 saturated carbocycles. The number of furan rings is 1. The quantitative estimate of drug-likeness (QED) is 0.393. The lowest BCUT2D eigenvalue weighted by Gasteiger charge is -2.21. The van der Waals surface area contributed by atoms with Gasteiger partial charge in [-0.3, -0.25) is 4.79 Å². The van der Waals surface area contributed by atoms with E-state index in [1.807, 2.05) is 0 Å². The van der Waals surface area contributed by atoms with Crippen molar-refractivity contribution in [1.29, 1.82) is 0 Å². The highest BCUT2D eigenvalue weighted by atomic mass is 32.2. The lowest BCUT2D eigenvalue weighted by molar-refractivity contribution is -0.143. The molecule has 1 heterocycles. The van der Waals surface area contributed by atoms with E-state index in [0.29, 0.717) is 18.1 Å². The Hall–Kier alpha value is -2.32. The highest BCUT2D eigenvalue weighted by Crippen LogP contribution is 2.22. The second-order valence-electron chi connectivity index (χ2n) is 6.15. The Morgan fingerprint density at radius 2 is 1.89 bits per heavy atom. The molecule has 0 fully saturated rings. The van der Waals surface area contributed by atoms with Crippen molar-refractivity contribution in [1.82, 2.24) is 4.31 Å². The largest absolute Gasteiger partial charge is 0.494 e. The Kier molecular flexibility index (Phi) is 8.53. The zero-order valence-corrected chi connectivity index (χ0v) is 17.1. The van der Waals surface area contributed by atoms with Crippen molar-refractivity contribution in [2.24, 2.45) is 0 Å². The summed E-state index contributed by atoms with van der Waals surface area (Å²) in [5, 5.41) is 0. The maximum atomic E-state index is 13.1. The van der Waals surface area contributed by atoms with Crippen LogP contribution < -0.4 is 4.74 Å². The van der Waals surface area contributed by atoms with Crippen LogP contribution in [0, 0.1) is 0 Å². The zero-order valence-electron chi connectivity index (χ0n) is 16.3. The lowest BCUT2D eigenvalue weighted by Crippen LogP contribution is -2.32. The number of esters is 1. The molecular weight excluding hydrogens is 382 g/mol. The number of sulfonamides is 1. The highest BCUT2D eigenvalue weighted by Gasteiger charge is 2.26. The molecule has 1 aromatic carbocycles. The number of ether oxygens (including phenoxy) is 2. The molecule has 0 atom stereocenters. The van der Waals surface area contributed by atoms with Gasteiger partial charge in [-0.1, -0.05) is 13.3 Å². The van der Waals surface area contributed by atoms with E-state index < -0.39 is 16.0 Å². The van der Waals surface area contributed by atoms with E-state index in [1.54, 1.807) is 31.2 Å². The van der Waals surface area contributed by atoms with Crippen LogP contribution in [0.2, 0.25) is 0 Å². The molecule has 0 aliphatic carbocycles. The first-order chi connectivity index (χ1) is 13.5. The highest BCUT2D eigenvalue weighted by molar-refractivity contribution is 7.89. The summed E-state index contributed by atoms with van der Waals surface area (Å²) < 4.78 is 43.2. The summed E-state index contributed by atoms with van der Waals surface area (Å²) in [7, 11) is -3.82. The monoisotopic (exact) mass is 409 g/mol. The van der Waals surface area contributed by atoms with Gasteiger partial charge < -0.3 is 13.9 Å². The molecule has 0 aliphatic rings. The van der Waals surface area contributed by atoms with Crippen LogP contribution in [0.15, 0.2) is 52.0 Å². The van der Waals surface area contributed by atoms with Gasteiger partial charge in [0.25, 0.3) is 0 Å². The van der Waals surface area contributed by atoms with Crippen molar-refractivity contribution in [3.8, 4) is 5.75 Å². The second-order valence-corrected chi connectivity index (χ2v) is 8.08. The van der Waals surface area contributed by atoms with Crippen LogP contribution >= 0.6 is 0 Å². The lowest BCUT2D eigenvalue weighted by atomic mass is 10.3. The Morgan fingerprint density at radius 1 is 1.14 bits per heavy atom. The SMILES string of the molecule is CCCCOc1ccc(S(=O)(=O)N(CCC(=O)OCC)Cc2ccco2)cc1. The van der Waals surface area contributed by atoms with E-state index in [2.05, 4.69) is 6.92 Å². The zero-order chi connectivity index (χ0) is 20.4. The fraction of sp³-hybridized carbons (Fsp3) is 0.450. The number of hydrogen-bond donors (Lipinski definition) is 0. The van der Waals surface area contributed by atoms with Crippen LogP contribution in [-0.4, -0.2) is 38.5 Å². The molecule has 154 valence electrons. The molecule has 0 amide bonds. The molecule has 28 heavy (non-hydrogen) atoms. The number of hydrogen-bond acceptors (Lipinski definition) is 6. The van der Waals surface area contributed by atoms with Crippen molar-refractivity contribution >= 4 is 16.0 Å². The van der Waals surface area contributed by atoms with E-state index in [1.165, 1.54) is 22.7 Å². The molecule has 0 unspecified atom stereocenters. The third-order valence-electron chi connectivity index (χ3n) is 4.01. The van der Waals surface area contributed by atoms with Gasteiger partial charge in [0.05, 0.1) is 37.3 Å². The van der Waals surface area contributed by atoms with Gasteiger partial charge in [0, 0.05) is 6.54 Å². The summed E-state index contributed by atoms with van der Waals surface area (Å²) in [6.07, 6.45) is 3.40. The third-order valence-corrected chi connectivity index (χ3v) is 5.87. The number of unbranched alkanes of at least 4 members (excludes halogenated alkanes) is 1. The topological polar surface area (TPSA) is 86.1 Å². The van der Waals surface area contributed by atoms with E-state index >= 15 is 0 Å². The van der Waals surface area contributed by atoms with E-state index in [9.17, 15) is 13.2 Å². The van der Waals surface area contributed by atoms with E-state index in [-0.39, 0.29) is 31.0 Å². The van der Waals surface area contributed by atoms with Crippen molar-refractivity contribution in [2.45, 2.75) is 44.6 Å². The van der Waals surface area contributed by atoms with E-state index in [4.69, 9.17) is 13.9 Å². The average Bonchev–Trinajstić information content (AvgIpc) is 3.19. The third kappa shape index (κ3) is 6.38. The van der Waals surface area contributed by atoms with Gasteiger partial charge >= 0.3 is 5.97 Å². The smallest absolute Gasteiger partial charge is 0.307 e. The number of carbonyl (C=O) groups is 1. The Bertz CT molecular complexity index is 815. The van der Waals surface area contributed by atoms with Crippen LogP contribution in [0.1, 0.15) is 38.9 Å². The van der Waals surface area contributed by atoms with Crippen LogP contribution in [0.5, 0.6) is 5.75 Å². The summed E-state index contributed by atoms with van der Waals surface area (Å²) in [6.45, 7) is 4.65. The standard InChI is InChI=1S/C20H27NO6S/c1-3-5-14-26-17-8-10-19(11-9-17)28(23,24)21(13-12-20(22)25-4-2)16-18-7-6-15-27-18/h6-11,15H,3-5,12-14,16H2,1-2H3. The molecule has 0 saturated heterocycles. The van der Waals surface area contributed by atoms with Gasteiger partial charge in [-0.15, -0.1) is 0 Å². The molecule has 0 N–H and O–H groups in total. The van der Waals surface area contributed by atoms with Gasteiger partial charge in [0.1, 0.15) is 11.5 Å². The van der Waals surface area contributed by atoms with Crippen LogP contribution in [0.25, 0.3) is 0 Å². The van der Waals surface area contributed by atoms with Crippen molar-refractivity contribution in [3.05, 3.63) is 48.4 Å². The summed E-state index contributed by atoms with van der Waals surface area (Å²) in [6, 6.07) is 9.68. The second kappa shape index (κ2) is 10.9. The minimum absolute atomic E-state index is 0.00336. The molecule has 0 aliphatic heterocycles. The summed E-state index contributed by atoms with van der Waals surface area (Å²) in [5.41, 5.74) is 0. The van der Waals surface area contributed by atoms with E-state index in [0.717, 1.165) is 12.8 Å². The molecule has 1 aromatic heterocycles. The summed E-state index contributed by atoms with van der Waals surface area (Å²) >= 11 is 0. The molecule has 7 nitrogen and oxygen atoms in total. The summed E-state index contributed by atoms with van der Waals surface area (Å²) in [5.74, 6) is 0.672. The predicted octanol–water partition coefficient (Wildman–Crippen LogP) is 3.60. The number of rotatable bonds is 12. The molecule has 2 aromatic rings. The Balaban J connectivity index is 2.15. The number of benzene rings is 1. The van der Waals surface area contributed by atoms with Crippen molar-refractivity contribution in [2.75, 3.05) is 19.8 Å². The van der Waals surface area contributed by atoms with Crippen molar-refractivity contribution < 1.29 is 27.1 Å². The minimum atomic E-state index is -3.82. The van der Waals surface area contributed by atoms with Gasteiger partial charge in [0.15, 0.2) is 0 Å². The van der Waals surface area contributed by atoms with Gasteiger partial charge in [-0.2, -0.15) is 4.31 Å². The average molecular weight is 410 g/mol. The van der Waals surface area contributed by atoms with Gasteiger partial charge in [-0.25, -0.2) is 8.42 Å². The first kappa shape index (κ1) is 22.0. The molecule has 8 heteroatoms.